The van der Waals surface area contributed by atoms with E-state index < -0.39 is 83.6 Å². The third-order valence-corrected chi connectivity index (χ3v) is 15.9. The Kier molecular flexibility index (Phi) is 48.5. The molecule has 2 rings (SSSR count). The van der Waals surface area contributed by atoms with Crippen molar-refractivity contribution in [1.82, 2.24) is 42.1 Å². The summed E-state index contributed by atoms with van der Waals surface area (Å²) in [5.74, 6) is -5.38. The molecule has 0 fully saturated rings. The predicted octanol–water partition coefficient (Wildman–Crippen LogP) is 10.8. The Hall–Kier alpha value is -6.78. The number of unbranched alkanes of at least 4 members (excludes halogenated alkanes) is 27. The van der Waals surface area contributed by atoms with Gasteiger partial charge in [-0.05, 0) is 69.2 Å². The minimum Gasteiger partial charge on any atom is -0.461 e. The van der Waals surface area contributed by atoms with Crippen LogP contribution in [0.4, 0.5) is 9.59 Å². The van der Waals surface area contributed by atoms with E-state index in [2.05, 4.69) is 61.1 Å². The molecule has 0 aliphatic carbocycles. The Labute approximate surface area is 545 Å². The number of nitro groups is 1. The van der Waals surface area contributed by atoms with Gasteiger partial charge < -0.3 is 57.3 Å². The summed E-state index contributed by atoms with van der Waals surface area (Å²) in [5.41, 5.74) is 6.97. The highest BCUT2D eigenvalue weighted by molar-refractivity contribution is 6.57. The van der Waals surface area contributed by atoms with Gasteiger partial charge in [0.25, 0.3) is 5.96 Å². The van der Waals surface area contributed by atoms with Crippen LogP contribution < -0.4 is 43.0 Å². The van der Waals surface area contributed by atoms with Crippen LogP contribution in [0, 0.1) is 10.1 Å². The minimum absolute atomic E-state index is 0.0301. The predicted molar refractivity (Wildman–Crippen MR) is 360 cm³/mol. The van der Waals surface area contributed by atoms with E-state index >= 15 is 0 Å². The molecule has 0 heterocycles. The van der Waals surface area contributed by atoms with E-state index in [1.54, 1.807) is 30.3 Å². The zero-order chi connectivity index (χ0) is 66.2. The maximum Gasteiger partial charge on any atom is 0.407 e. The number of esters is 1. The SMILES string of the molecule is [B]C(=O)NC(CCCN/C(N)=N/[N+](=O)[O-])C(=O)NCC(=O)NC(CC(=O)OCc1ccccc1)C(=O)NC(CCCCNC(=O)OCc1ccccc1)C(=O)NCCN(CCCCCCCCCCCCCCCC)CCCCCCCCCCCCCCCC. The monoisotopic (exact) mass is 1270 g/mol. The average molecular weight is 1270 g/mol. The Morgan fingerprint density at radius 2 is 0.934 bits per heavy atom. The van der Waals surface area contributed by atoms with E-state index in [0.717, 1.165) is 44.3 Å². The molecule has 2 aromatic carbocycles. The Balaban J connectivity index is 2.20. The van der Waals surface area contributed by atoms with Crippen LogP contribution in [0.2, 0.25) is 0 Å². The first-order chi connectivity index (χ1) is 44.2. The lowest BCUT2D eigenvalue weighted by molar-refractivity contribution is -0.485. The quantitative estimate of drug-likeness (QED) is 0.00581. The van der Waals surface area contributed by atoms with Gasteiger partial charge in [0.1, 0.15) is 36.4 Å². The number of nitrogens with two attached hydrogens (primary N) is 1. The molecule has 2 aromatic rings. The number of carbonyl (C=O) groups excluding carboxylic acids is 7. The molecule has 9 N–H and O–H groups in total. The fourth-order valence-electron chi connectivity index (χ4n) is 10.6. The number of hydrogen-bond donors (Lipinski definition) is 8. The highest BCUT2D eigenvalue weighted by Gasteiger charge is 2.30. The minimum atomic E-state index is -1.58. The van der Waals surface area contributed by atoms with E-state index in [4.69, 9.17) is 23.1 Å². The maximum absolute atomic E-state index is 14.4. The molecule has 2 radical (unpaired) electrons. The molecule has 0 spiro atoms. The van der Waals surface area contributed by atoms with Crippen LogP contribution in [0.3, 0.4) is 0 Å². The molecule has 3 atom stereocenters. The first kappa shape index (κ1) is 80.3. The molecule has 510 valence electrons. The second-order valence-corrected chi connectivity index (χ2v) is 23.9. The number of alkyl carbamates (subject to hydrolysis) is 1. The summed E-state index contributed by atoms with van der Waals surface area (Å²) in [6.45, 7) is 6.78. The lowest BCUT2D eigenvalue weighted by Crippen LogP contribution is -2.56. The second kappa shape index (κ2) is 54.9. The van der Waals surface area contributed by atoms with Gasteiger partial charge in [-0.1, -0.05) is 241 Å². The van der Waals surface area contributed by atoms with Crippen molar-refractivity contribution in [2.24, 2.45) is 10.8 Å². The molecule has 0 aliphatic heterocycles. The number of hydrazone groups is 1. The normalized spacial score (nSPS) is 12.3. The zero-order valence-corrected chi connectivity index (χ0v) is 55.4. The molecule has 0 saturated carbocycles. The van der Waals surface area contributed by atoms with Crippen molar-refractivity contribution >= 4 is 55.3 Å². The fourth-order valence-corrected chi connectivity index (χ4v) is 10.6. The number of hydrogen-bond acceptors (Lipinski definition) is 12. The number of amides is 6. The van der Waals surface area contributed by atoms with Crippen molar-refractivity contribution in [3.63, 3.8) is 0 Å². The lowest BCUT2D eigenvalue weighted by atomic mass is 10.0. The van der Waals surface area contributed by atoms with Crippen LogP contribution in [0.25, 0.3) is 0 Å². The molecule has 91 heavy (non-hydrogen) atoms. The van der Waals surface area contributed by atoms with Gasteiger partial charge >= 0.3 is 12.1 Å². The van der Waals surface area contributed by atoms with Gasteiger partial charge in [-0.15, -0.1) is 0 Å². The molecule has 6 amide bonds. The van der Waals surface area contributed by atoms with Gasteiger partial charge in [-0.25, -0.2) is 14.9 Å². The average Bonchev–Trinajstić information content (AvgIpc) is 3.09. The van der Waals surface area contributed by atoms with Gasteiger partial charge in [0.2, 0.25) is 31.5 Å². The molecule has 0 saturated heterocycles. The summed E-state index contributed by atoms with van der Waals surface area (Å²) < 4.78 is 10.9. The molecular formula is C68H114BN11O11. The summed E-state index contributed by atoms with van der Waals surface area (Å²) in [5, 5.41) is 30.9. The Morgan fingerprint density at radius 1 is 0.495 bits per heavy atom. The van der Waals surface area contributed by atoms with Crippen LogP contribution in [-0.2, 0) is 46.7 Å². The molecule has 0 aliphatic rings. The lowest BCUT2D eigenvalue weighted by Gasteiger charge is -2.25. The van der Waals surface area contributed by atoms with Crippen molar-refractivity contribution < 1.29 is 48.1 Å². The first-order valence-electron chi connectivity index (χ1n) is 34.5. The summed E-state index contributed by atoms with van der Waals surface area (Å²) >= 11 is 0. The fraction of sp³-hybridized carbons (Fsp3) is 0.706. The highest BCUT2D eigenvalue weighted by atomic mass is 16.7. The maximum atomic E-state index is 14.4. The number of rotatable bonds is 57. The summed E-state index contributed by atoms with van der Waals surface area (Å²) in [6.07, 6.45) is 35.6. The second-order valence-electron chi connectivity index (χ2n) is 23.9. The molecule has 22 nitrogen and oxygen atoms in total. The van der Waals surface area contributed by atoms with Crippen molar-refractivity contribution in [2.45, 2.75) is 263 Å². The molecule has 3 unspecified atom stereocenters. The largest absolute Gasteiger partial charge is 0.461 e. The van der Waals surface area contributed by atoms with Gasteiger partial charge in [-0.3, -0.25) is 28.8 Å². The Morgan fingerprint density at radius 3 is 1.42 bits per heavy atom. The number of guanidine groups is 1. The van der Waals surface area contributed by atoms with E-state index in [1.807, 2.05) is 30.3 Å². The number of carbonyl (C=O) groups is 7. The third kappa shape index (κ3) is 46.0. The van der Waals surface area contributed by atoms with E-state index in [9.17, 15) is 43.7 Å². The van der Waals surface area contributed by atoms with Crippen molar-refractivity contribution in [1.29, 1.82) is 0 Å². The van der Waals surface area contributed by atoms with E-state index in [0.29, 0.717) is 31.5 Å². The summed E-state index contributed by atoms with van der Waals surface area (Å²) in [4.78, 5) is 106. The third-order valence-electron chi connectivity index (χ3n) is 15.9. The highest BCUT2D eigenvalue weighted by Crippen LogP contribution is 2.16. The van der Waals surface area contributed by atoms with Crippen LogP contribution in [0.15, 0.2) is 65.8 Å². The number of benzene rings is 2. The van der Waals surface area contributed by atoms with Gasteiger partial charge in [0, 0.05) is 26.2 Å². The molecular weight excluding hydrogens is 1160 g/mol. The van der Waals surface area contributed by atoms with Crippen LogP contribution >= 0.6 is 0 Å². The van der Waals surface area contributed by atoms with E-state index in [1.165, 1.54) is 154 Å². The van der Waals surface area contributed by atoms with Gasteiger partial charge in [0.05, 0.1) is 13.0 Å². The first-order valence-corrected chi connectivity index (χ1v) is 34.5. The Bertz CT molecular complexity index is 2270. The van der Waals surface area contributed by atoms with Gasteiger partial charge in [0.15, 0.2) is 10.8 Å². The number of ether oxygens (including phenoxy) is 2. The van der Waals surface area contributed by atoms with Gasteiger partial charge in [-0.2, -0.15) is 0 Å². The summed E-state index contributed by atoms with van der Waals surface area (Å²) in [6, 6.07) is 14.2. The van der Waals surface area contributed by atoms with Crippen molar-refractivity contribution in [3.05, 3.63) is 81.9 Å². The van der Waals surface area contributed by atoms with Crippen molar-refractivity contribution in [3.8, 4) is 0 Å². The zero-order valence-electron chi connectivity index (χ0n) is 55.4. The number of nitrogens with zero attached hydrogens (tertiary/aromatic N) is 3. The molecule has 23 heteroatoms. The number of nitrogens with one attached hydrogen (secondary N) is 7. The van der Waals surface area contributed by atoms with E-state index in [-0.39, 0.29) is 45.6 Å². The van der Waals surface area contributed by atoms with Crippen LogP contribution in [0.1, 0.15) is 243 Å². The van der Waals surface area contributed by atoms with Crippen LogP contribution in [-0.4, -0.2) is 129 Å². The molecule has 0 aromatic heterocycles. The van der Waals surface area contributed by atoms with Crippen molar-refractivity contribution in [2.75, 3.05) is 45.8 Å². The smallest absolute Gasteiger partial charge is 0.407 e. The standard InChI is InChI=1S/C68H114BN11O11/c1-3-5-7-9-11-13-15-17-19-21-23-25-27-37-49-79(50-38-28-26-24-22-20-18-16-14-12-10-8-6-4-2)51-48-71-63(83)58(44-35-36-46-73-68(87)91-55-57-42-33-30-34-43-57)76-65(85)60(52-62(82)90-54-56-40-31-29-32-41-56)75-61(81)53-74-64(84)59(77-66(69)86)45-39-47-72-67(70)78-80(88)89/h29-34,40-43,58-60H,3-28,35-39,44-55H2,1-2H3,(H,71,83)(H,73,87)(H,74,84)(H,75,81)(H,76,85)(H,77,86)(H3,70,72,78). The van der Waals surface area contributed by atoms with Crippen LogP contribution in [0.5, 0.6) is 0 Å². The summed E-state index contributed by atoms with van der Waals surface area (Å²) in [7, 11) is 5.32. The topological polar surface area (TPSA) is 307 Å². The molecule has 0 bridgehead atoms.